The summed E-state index contributed by atoms with van der Waals surface area (Å²) in [5.74, 6) is 0.692. The SMILES string of the molecule is CN(Cc1cc(Br)cs1)CC1CCCCC1N. The summed E-state index contributed by atoms with van der Waals surface area (Å²) in [5.41, 5.74) is 6.19. The van der Waals surface area contributed by atoms with E-state index in [0.29, 0.717) is 12.0 Å². The van der Waals surface area contributed by atoms with E-state index in [1.165, 1.54) is 35.0 Å². The number of nitrogens with zero attached hydrogens (tertiary/aromatic N) is 1. The Morgan fingerprint density at radius 1 is 1.47 bits per heavy atom. The first kappa shape index (κ1) is 13.5. The van der Waals surface area contributed by atoms with Crippen molar-refractivity contribution >= 4 is 27.3 Å². The molecule has 1 fully saturated rings. The second-order valence-electron chi connectivity index (χ2n) is 5.14. The van der Waals surface area contributed by atoms with Crippen LogP contribution < -0.4 is 5.73 Å². The molecule has 1 aliphatic rings. The van der Waals surface area contributed by atoms with Crippen LogP contribution in [-0.2, 0) is 6.54 Å². The Morgan fingerprint density at radius 2 is 2.24 bits per heavy atom. The van der Waals surface area contributed by atoms with E-state index in [1.54, 1.807) is 0 Å². The summed E-state index contributed by atoms with van der Waals surface area (Å²) < 4.78 is 1.19. The normalized spacial score (nSPS) is 25.4. The summed E-state index contributed by atoms with van der Waals surface area (Å²) in [6, 6.07) is 2.63. The Balaban J connectivity index is 1.82. The van der Waals surface area contributed by atoms with Crippen molar-refractivity contribution in [2.45, 2.75) is 38.3 Å². The Labute approximate surface area is 116 Å². The van der Waals surface area contributed by atoms with Gasteiger partial charge in [-0.25, -0.2) is 0 Å². The summed E-state index contributed by atoms with van der Waals surface area (Å²) in [5, 5.41) is 2.15. The van der Waals surface area contributed by atoms with Crippen molar-refractivity contribution < 1.29 is 0 Å². The zero-order chi connectivity index (χ0) is 12.3. The van der Waals surface area contributed by atoms with Gasteiger partial charge in [-0.15, -0.1) is 11.3 Å². The maximum Gasteiger partial charge on any atom is 0.0325 e. The fourth-order valence-electron chi connectivity index (χ4n) is 2.63. The lowest BCUT2D eigenvalue weighted by Crippen LogP contribution is -2.39. The van der Waals surface area contributed by atoms with Crippen LogP contribution in [0.15, 0.2) is 15.9 Å². The molecule has 1 aliphatic carbocycles. The van der Waals surface area contributed by atoms with E-state index in [0.717, 1.165) is 13.1 Å². The number of hydrogen-bond acceptors (Lipinski definition) is 3. The third-order valence-electron chi connectivity index (χ3n) is 3.56. The molecule has 1 aromatic rings. The van der Waals surface area contributed by atoms with Gasteiger partial charge in [-0.05, 0) is 47.8 Å². The van der Waals surface area contributed by atoms with Crippen LogP contribution in [-0.4, -0.2) is 24.5 Å². The molecule has 0 aromatic carbocycles. The van der Waals surface area contributed by atoms with E-state index >= 15 is 0 Å². The van der Waals surface area contributed by atoms with Gasteiger partial charge in [0, 0.05) is 33.9 Å². The summed E-state index contributed by atoms with van der Waals surface area (Å²) in [7, 11) is 2.20. The van der Waals surface area contributed by atoms with Crippen molar-refractivity contribution in [1.82, 2.24) is 4.90 Å². The zero-order valence-corrected chi connectivity index (χ0v) is 12.8. The number of hydrogen-bond donors (Lipinski definition) is 1. The van der Waals surface area contributed by atoms with Crippen molar-refractivity contribution in [2.75, 3.05) is 13.6 Å². The summed E-state index contributed by atoms with van der Waals surface area (Å²) in [4.78, 5) is 3.83. The minimum Gasteiger partial charge on any atom is -0.327 e. The highest BCUT2D eigenvalue weighted by atomic mass is 79.9. The van der Waals surface area contributed by atoms with Gasteiger partial charge in [0.15, 0.2) is 0 Å². The molecule has 2 N–H and O–H groups in total. The van der Waals surface area contributed by atoms with Crippen LogP contribution in [0.2, 0.25) is 0 Å². The molecule has 2 unspecified atom stereocenters. The highest BCUT2D eigenvalue weighted by Crippen LogP contribution is 2.25. The van der Waals surface area contributed by atoms with Gasteiger partial charge >= 0.3 is 0 Å². The number of nitrogens with two attached hydrogens (primary N) is 1. The van der Waals surface area contributed by atoms with E-state index in [9.17, 15) is 0 Å². The van der Waals surface area contributed by atoms with Gasteiger partial charge in [-0.2, -0.15) is 0 Å². The molecule has 0 bridgehead atoms. The number of rotatable bonds is 4. The molecule has 1 aromatic heterocycles. The van der Waals surface area contributed by atoms with E-state index in [2.05, 4.69) is 39.3 Å². The quantitative estimate of drug-likeness (QED) is 0.921. The summed E-state index contributed by atoms with van der Waals surface area (Å²) >= 11 is 5.32. The van der Waals surface area contributed by atoms with Gasteiger partial charge in [0.25, 0.3) is 0 Å². The minimum absolute atomic E-state index is 0.418. The third-order valence-corrected chi connectivity index (χ3v) is 5.24. The van der Waals surface area contributed by atoms with Crippen LogP contribution in [0.5, 0.6) is 0 Å². The largest absolute Gasteiger partial charge is 0.327 e. The summed E-state index contributed by atoms with van der Waals surface area (Å²) in [6.45, 7) is 2.18. The molecule has 0 spiro atoms. The number of thiophene rings is 1. The zero-order valence-electron chi connectivity index (χ0n) is 10.4. The van der Waals surface area contributed by atoms with Crippen molar-refractivity contribution in [2.24, 2.45) is 11.7 Å². The van der Waals surface area contributed by atoms with Crippen molar-refractivity contribution in [3.8, 4) is 0 Å². The van der Waals surface area contributed by atoms with Gasteiger partial charge in [-0.1, -0.05) is 12.8 Å². The molecule has 2 atom stereocenters. The molecular weight excluding hydrogens is 296 g/mol. The molecular formula is C13H21BrN2S. The average molecular weight is 317 g/mol. The predicted molar refractivity (Wildman–Crippen MR) is 78.3 cm³/mol. The fraction of sp³-hybridized carbons (Fsp3) is 0.692. The van der Waals surface area contributed by atoms with Crippen LogP contribution >= 0.6 is 27.3 Å². The molecule has 0 radical (unpaired) electrons. The lowest BCUT2D eigenvalue weighted by atomic mass is 9.85. The van der Waals surface area contributed by atoms with Gasteiger partial charge in [-0.3, -0.25) is 0 Å². The van der Waals surface area contributed by atoms with Gasteiger partial charge in [0.2, 0.25) is 0 Å². The molecule has 17 heavy (non-hydrogen) atoms. The lowest BCUT2D eigenvalue weighted by Gasteiger charge is -2.31. The van der Waals surface area contributed by atoms with E-state index < -0.39 is 0 Å². The Morgan fingerprint density at radius 3 is 2.88 bits per heavy atom. The topological polar surface area (TPSA) is 29.3 Å². The standard InChI is InChI=1S/C13H21BrN2S/c1-16(8-12-6-11(14)9-17-12)7-10-4-2-3-5-13(10)15/h6,9-10,13H,2-5,7-8,15H2,1H3. The van der Waals surface area contributed by atoms with Crippen molar-refractivity contribution in [1.29, 1.82) is 0 Å². The van der Waals surface area contributed by atoms with Gasteiger partial charge in [0.1, 0.15) is 0 Å². The number of halogens is 1. The highest BCUT2D eigenvalue weighted by molar-refractivity contribution is 9.10. The monoisotopic (exact) mass is 316 g/mol. The van der Waals surface area contributed by atoms with Crippen LogP contribution in [0.25, 0.3) is 0 Å². The fourth-order valence-corrected chi connectivity index (χ4v) is 4.16. The molecule has 0 saturated heterocycles. The molecule has 2 nitrogen and oxygen atoms in total. The van der Waals surface area contributed by atoms with Crippen molar-refractivity contribution in [3.63, 3.8) is 0 Å². The first-order valence-electron chi connectivity index (χ1n) is 6.32. The first-order valence-corrected chi connectivity index (χ1v) is 7.99. The third kappa shape index (κ3) is 4.05. The van der Waals surface area contributed by atoms with Crippen LogP contribution in [0.1, 0.15) is 30.6 Å². The molecule has 96 valence electrons. The minimum atomic E-state index is 0.418. The van der Waals surface area contributed by atoms with Crippen LogP contribution in [0, 0.1) is 5.92 Å². The van der Waals surface area contributed by atoms with E-state index in [4.69, 9.17) is 5.73 Å². The van der Waals surface area contributed by atoms with Gasteiger partial charge < -0.3 is 10.6 Å². The molecule has 1 heterocycles. The highest BCUT2D eigenvalue weighted by Gasteiger charge is 2.22. The predicted octanol–water partition coefficient (Wildman–Crippen LogP) is 3.46. The molecule has 2 rings (SSSR count). The van der Waals surface area contributed by atoms with Crippen LogP contribution in [0.4, 0.5) is 0 Å². The van der Waals surface area contributed by atoms with Crippen LogP contribution in [0.3, 0.4) is 0 Å². The smallest absolute Gasteiger partial charge is 0.0325 e. The second-order valence-corrected chi connectivity index (χ2v) is 7.05. The Kier molecular flexibility index (Phi) is 5.03. The summed E-state index contributed by atoms with van der Waals surface area (Å²) in [6.07, 6.45) is 5.19. The van der Waals surface area contributed by atoms with E-state index in [-0.39, 0.29) is 0 Å². The molecule has 0 aliphatic heterocycles. The first-order chi connectivity index (χ1) is 8.15. The molecule has 0 amide bonds. The van der Waals surface area contributed by atoms with Gasteiger partial charge in [0.05, 0.1) is 0 Å². The molecule has 1 saturated carbocycles. The maximum absolute atomic E-state index is 6.19. The second kappa shape index (κ2) is 6.32. The Bertz CT molecular complexity index is 353. The Hall–Kier alpha value is 0.1000. The van der Waals surface area contributed by atoms with Crippen molar-refractivity contribution in [3.05, 3.63) is 20.8 Å². The molecule has 4 heteroatoms. The maximum atomic E-state index is 6.19. The lowest BCUT2D eigenvalue weighted by molar-refractivity contribution is 0.207. The average Bonchev–Trinajstić information content (AvgIpc) is 2.67. The van der Waals surface area contributed by atoms with E-state index in [1.807, 2.05) is 11.3 Å².